The number of rotatable bonds is 5. The molecule has 4 rings (SSSR count). The van der Waals surface area contributed by atoms with E-state index in [1.54, 1.807) is 13.3 Å². The molecule has 0 amide bonds. The molecule has 6 heteroatoms. The highest BCUT2D eigenvalue weighted by Crippen LogP contribution is 2.32. The predicted octanol–water partition coefficient (Wildman–Crippen LogP) is 2.10. The molecule has 6 nitrogen and oxygen atoms in total. The Hall–Kier alpha value is -2.31. The molecule has 3 aromatic rings. The first kappa shape index (κ1) is 14.3. The van der Waals surface area contributed by atoms with Gasteiger partial charge in [0, 0.05) is 23.8 Å². The van der Waals surface area contributed by atoms with Crippen LogP contribution >= 0.6 is 0 Å². The molecular formula is C17H19N3O3. The van der Waals surface area contributed by atoms with Crippen LogP contribution in [0.25, 0.3) is 11.0 Å². The lowest BCUT2D eigenvalue weighted by atomic mass is 9.83. The molecule has 1 aromatic carbocycles. The number of benzene rings is 1. The van der Waals surface area contributed by atoms with Gasteiger partial charge in [-0.3, -0.25) is 4.68 Å². The minimum Gasteiger partial charge on any atom is -0.497 e. The molecule has 2 heterocycles. The van der Waals surface area contributed by atoms with E-state index < -0.39 is 0 Å². The third-order valence-corrected chi connectivity index (χ3v) is 4.45. The number of nitrogens with one attached hydrogen (secondary N) is 1. The van der Waals surface area contributed by atoms with Crippen LogP contribution in [0.3, 0.4) is 0 Å². The van der Waals surface area contributed by atoms with Crippen molar-refractivity contribution in [1.29, 1.82) is 0 Å². The van der Waals surface area contributed by atoms with Gasteiger partial charge in [-0.2, -0.15) is 5.10 Å². The molecule has 0 spiro atoms. The normalized spacial score (nSPS) is 23.8. The first-order valence-electron chi connectivity index (χ1n) is 7.71. The third-order valence-electron chi connectivity index (χ3n) is 4.45. The van der Waals surface area contributed by atoms with E-state index in [0.29, 0.717) is 6.54 Å². The number of aliphatic hydroxyl groups is 1. The van der Waals surface area contributed by atoms with Crippen molar-refractivity contribution in [2.24, 2.45) is 0 Å². The number of aliphatic hydroxyl groups excluding tert-OH is 1. The summed E-state index contributed by atoms with van der Waals surface area (Å²) in [6, 6.07) is 9.82. The lowest BCUT2D eigenvalue weighted by molar-refractivity contribution is -0.00872. The van der Waals surface area contributed by atoms with E-state index in [4.69, 9.17) is 9.15 Å². The summed E-state index contributed by atoms with van der Waals surface area (Å²) in [5, 5.41) is 18.7. The SMILES string of the molecule is COc1ccc2oc(CN[C@H]3C[C@@H](O)[C@@H]3n3cccn3)cc2c1. The molecule has 0 radical (unpaired) electrons. The van der Waals surface area contributed by atoms with Crippen molar-refractivity contribution >= 4 is 11.0 Å². The minimum absolute atomic E-state index is 0.0190. The van der Waals surface area contributed by atoms with Crippen LogP contribution in [-0.4, -0.2) is 34.1 Å². The number of aromatic nitrogens is 2. The zero-order valence-corrected chi connectivity index (χ0v) is 12.8. The number of hydrogen-bond acceptors (Lipinski definition) is 5. The lowest BCUT2D eigenvalue weighted by Crippen LogP contribution is -2.54. The lowest BCUT2D eigenvalue weighted by Gasteiger charge is -2.42. The number of nitrogens with zero attached hydrogens (tertiary/aromatic N) is 2. The van der Waals surface area contributed by atoms with Gasteiger partial charge in [0.05, 0.1) is 25.8 Å². The van der Waals surface area contributed by atoms with Crippen LogP contribution in [0.1, 0.15) is 18.2 Å². The van der Waals surface area contributed by atoms with Gasteiger partial charge in [-0.25, -0.2) is 0 Å². The van der Waals surface area contributed by atoms with E-state index in [1.807, 2.05) is 41.2 Å². The second-order valence-corrected chi connectivity index (χ2v) is 5.88. The summed E-state index contributed by atoms with van der Waals surface area (Å²) in [6.07, 6.45) is 3.98. The van der Waals surface area contributed by atoms with Gasteiger partial charge >= 0.3 is 0 Å². The molecule has 0 aliphatic heterocycles. The molecule has 1 aliphatic rings. The van der Waals surface area contributed by atoms with Gasteiger partial charge < -0.3 is 19.6 Å². The van der Waals surface area contributed by atoms with Crippen molar-refractivity contribution in [3.05, 3.63) is 48.5 Å². The number of hydrogen-bond donors (Lipinski definition) is 2. The number of fused-ring (bicyclic) bond motifs is 1. The first-order valence-corrected chi connectivity index (χ1v) is 7.71. The van der Waals surface area contributed by atoms with E-state index in [2.05, 4.69) is 10.4 Å². The van der Waals surface area contributed by atoms with Crippen molar-refractivity contribution in [2.45, 2.75) is 31.2 Å². The molecule has 23 heavy (non-hydrogen) atoms. The van der Waals surface area contributed by atoms with E-state index in [-0.39, 0.29) is 18.2 Å². The van der Waals surface area contributed by atoms with E-state index in [1.165, 1.54) is 0 Å². The van der Waals surface area contributed by atoms with Crippen molar-refractivity contribution in [3.63, 3.8) is 0 Å². The van der Waals surface area contributed by atoms with Crippen molar-refractivity contribution in [3.8, 4) is 5.75 Å². The van der Waals surface area contributed by atoms with Crippen molar-refractivity contribution < 1.29 is 14.3 Å². The number of furan rings is 1. The van der Waals surface area contributed by atoms with E-state index >= 15 is 0 Å². The van der Waals surface area contributed by atoms with Crippen LogP contribution < -0.4 is 10.1 Å². The van der Waals surface area contributed by atoms with Crippen LogP contribution in [0.5, 0.6) is 5.75 Å². The Morgan fingerprint density at radius 2 is 2.35 bits per heavy atom. The Bertz CT molecular complexity index is 797. The van der Waals surface area contributed by atoms with Crippen molar-refractivity contribution in [2.75, 3.05) is 7.11 Å². The largest absolute Gasteiger partial charge is 0.497 e. The van der Waals surface area contributed by atoms with Gasteiger partial charge in [0.2, 0.25) is 0 Å². The maximum atomic E-state index is 9.98. The molecule has 0 unspecified atom stereocenters. The van der Waals surface area contributed by atoms with Gasteiger partial charge in [0.15, 0.2) is 0 Å². The average Bonchev–Trinajstić information content (AvgIpc) is 3.19. The molecular weight excluding hydrogens is 294 g/mol. The molecule has 0 saturated heterocycles. The molecule has 1 fully saturated rings. The summed E-state index contributed by atoms with van der Waals surface area (Å²) in [7, 11) is 1.65. The fourth-order valence-corrected chi connectivity index (χ4v) is 3.16. The second-order valence-electron chi connectivity index (χ2n) is 5.88. The number of ether oxygens (including phenoxy) is 1. The standard InChI is InChI=1S/C17H19N3O3/c1-22-12-3-4-16-11(7-12)8-13(23-16)10-18-14-9-15(21)17(14)20-6-2-5-19-20/h2-8,14-15,17-18,21H,9-10H2,1H3/t14-,15+,17+/m0/s1. The monoisotopic (exact) mass is 313 g/mol. The van der Waals surface area contributed by atoms with E-state index in [0.717, 1.165) is 28.9 Å². The topological polar surface area (TPSA) is 72.4 Å². The molecule has 120 valence electrons. The highest BCUT2D eigenvalue weighted by Gasteiger charge is 2.41. The first-order chi connectivity index (χ1) is 11.2. The van der Waals surface area contributed by atoms with Crippen molar-refractivity contribution in [1.82, 2.24) is 15.1 Å². The minimum atomic E-state index is -0.354. The molecule has 3 atom stereocenters. The second kappa shape index (κ2) is 5.72. The van der Waals surface area contributed by atoms with E-state index in [9.17, 15) is 5.11 Å². The Balaban J connectivity index is 1.45. The summed E-state index contributed by atoms with van der Waals surface area (Å²) in [5.41, 5.74) is 0.847. The Morgan fingerprint density at radius 3 is 3.09 bits per heavy atom. The van der Waals surface area contributed by atoms with Crippen LogP contribution in [0, 0.1) is 0 Å². The quantitative estimate of drug-likeness (QED) is 0.755. The molecule has 0 bridgehead atoms. The van der Waals surface area contributed by atoms with Gasteiger partial charge in [-0.1, -0.05) is 0 Å². The average molecular weight is 313 g/mol. The summed E-state index contributed by atoms with van der Waals surface area (Å²) in [6.45, 7) is 0.617. The summed E-state index contributed by atoms with van der Waals surface area (Å²) in [4.78, 5) is 0. The highest BCUT2D eigenvalue weighted by atomic mass is 16.5. The maximum Gasteiger partial charge on any atom is 0.134 e. The van der Waals surface area contributed by atoms with Gasteiger partial charge in [-0.15, -0.1) is 0 Å². The fourth-order valence-electron chi connectivity index (χ4n) is 3.16. The zero-order valence-electron chi connectivity index (χ0n) is 12.8. The van der Waals surface area contributed by atoms with Crippen LogP contribution in [0.4, 0.5) is 0 Å². The maximum absolute atomic E-state index is 9.98. The fraction of sp³-hybridized carbons (Fsp3) is 0.353. The van der Waals surface area contributed by atoms with Gasteiger partial charge in [0.1, 0.15) is 17.1 Å². The Labute approximate surface area is 133 Å². The highest BCUT2D eigenvalue weighted by molar-refractivity contribution is 5.79. The van der Waals surface area contributed by atoms with Crippen LogP contribution in [0.2, 0.25) is 0 Å². The summed E-state index contributed by atoms with van der Waals surface area (Å²) in [5.74, 6) is 1.69. The summed E-state index contributed by atoms with van der Waals surface area (Å²) < 4.78 is 12.9. The van der Waals surface area contributed by atoms with Crippen LogP contribution in [0.15, 0.2) is 47.1 Å². The smallest absolute Gasteiger partial charge is 0.134 e. The van der Waals surface area contributed by atoms with Crippen LogP contribution in [-0.2, 0) is 6.54 Å². The van der Waals surface area contributed by atoms with Gasteiger partial charge in [0.25, 0.3) is 0 Å². The van der Waals surface area contributed by atoms with Gasteiger partial charge in [-0.05, 0) is 36.8 Å². The molecule has 1 saturated carbocycles. The Kier molecular flexibility index (Phi) is 3.55. The number of methoxy groups -OCH3 is 1. The Morgan fingerprint density at radius 1 is 1.43 bits per heavy atom. The molecule has 1 aliphatic carbocycles. The third kappa shape index (κ3) is 2.60. The molecule has 2 aromatic heterocycles. The zero-order chi connectivity index (χ0) is 15.8. The molecule has 2 N–H and O–H groups in total. The predicted molar refractivity (Wildman–Crippen MR) is 85.3 cm³/mol. The summed E-state index contributed by atoms with van der Waals surface area (Å²) >= 11 is 0.